The number of aromatic amines is 1. The number of hydrogen-bond donors (Lipinski definition) is 1. The average Bonchev–Trinajstić information content (AvgIpc) is 3.20. The molecule has 0 bridgehead atoms. The van der Waals surface area contributed by atoms with Gasteiger partial charge in [-0.25, -0.2) is 4.98 Å². The average molecular weight is 523 g/mol. The zero-order chi connectivity index (χ0) is 25.0. The molecule has 186 valence electrons. The van der Waals surface area contributed by atoms with Crippen molar-refractivity contribution >= 4 is 39.9 Å². The normalized spacial score (nSPS) is 17.9. The second-order valence-electron chi connectivity index (χ2n) is 10.3. The molecular weight excluding hydrogens is 495 g/mol. The Morgan fingerprint density at radius 1 is 0.972 bits per heavy atom. The standard InChI is InChI=1S/C27H28Cl2N6O/c1-16(2)34-12-27(13-34)14-35(15-27)24-7-4-18(9-31-24)26-20-8-19(5-6-23(20)32-33-26)36-17(3)25-21(28)10-30-11-22(25)29/h4-11,16-17H,12-15H2,1-3H3,(H,32,33)/t17-/m1/s1. The van der Waals surface area contributed by atoms with Crippen molar-refractivity contribution in [2.24, 2.45) is 5.41 Å². The number of pyridine rings is 2. The first kappa shape index (κ1) is 23.5. The number of nitrogens with one attached hydrogen (secondary N) is 1. The van der Waals surface area contributed by atoms with Gasteiger partial charge in [0.2, 0.25) is 0 Å². The number of nitrogens with zero attached hydrogens (tertiary/aromatic N) is 5. The number of hydrogen-bond acceptors (Lipinski definition) is 6. The number of fused-ring (bicyclic) bond motifs is 1. The van der Waals surface area contributed by atoms with E-state index in [9.17, 15) is 0 Å². The third-order valence-electron chi connectivity index (χ3n) is 7.35. The van der Waals surface area contributed by atoms with Gasteiger partial charge in [0.15, 0.2) is 0 Å². The van der Waals surface area contributed by atoms with Crippen molar-refractivity contribution in [3.63, 3.8) is 0 Å². The lowest BCUT2D eigenvalue weighted by atomic mass is 9.72. The Morgan fingerprint density at radius 3 is 2.39 bits per heavy atom. The topological polar surface area (TPSA) is 70.2 Å². The van der Waals surface area contributed by atoms with Gasteiger partial charge >= 0.3 is 0 Å². The van der Waals surface area contributed by atoms with E-state index in [2.05, 4.69) is 51.0 Å². The number of anilines is 1. The number of rotatable bonds is 6. The maximum atomic E-state index is 6.31. The molecule has 2 aliphatic rings. The summed E-state index contributed by atoms with van der Waals surface area (Å²) >= 11 is 12.6. The molecule has 2 saturated heterocycles. The summed E-state index contributed by atoms with van der Waals surface area (Å²) < 4.78 is 6.20. The highest BCUT2D eigenvalue weighted by Crippen LogP contribution is 2.42. The van der Waals surface area contributed by atoms with E-state index in [-0.39, 0.29) is 6.10 Å². The van der Waals surface area contributed by atoms with Crippen LogP contribution in [0.3, 0.4) is 0 Å². The molecule has 1 atom stereocenters. The van der Waals surface area contributed by atoms with E-state index in [0.717, 1.165) is 41.1 Å². The molecule has 2 aliphatic heterocycles. The Balaban J connectivity index is 1.18. The van der Waals surface area contributed by atoms with Crippen LogP contribution in [0, 0.1) is 5.41 Å². The lowest BCUT2D eigenvalue weighted by molar-refractivity contribution is -0.0414. The molecule has 1 N–H and O–H groups in total. The van der Waals surface area contributed by atoms with Gasteiger partial charge in [0.25, 0.3) is 0 Å². The molecular formula is C27H28Cl2N6O. The summed E-state index contributed by atoms with van der Waals surface area (Å²) in [4.78, 5) is 13.7. The first-order valence-corrected chi connectivity index (χ1v) is 13.0. The molecule has 0 radical (unpaired) electrons. The van der Waals surface area contributed by atoms with Crippen LogP contribution in [0.1, 0.15) is 32.4 Å². The van der Waals surface area contributed by atoms with Gasteiger partial charge in [0.05, 0.1) is 15.6 Å². The zero-order valence-electron chi connectivity index (χ0n) is 20.5. The molecule has 1 spiro atoms. The van der Waals surface area contributed by atoms with Gasteiger partial charge in [-0.2, -0.15) is 5.10 Å². The van der Waals surface area contributed by atoms with Crippen LogP contribution in [-0.2, 0) is 0 Å². The first-order chi connectivity index (χ1) is 17.3. The maximum Gasteiger partial charge on any atom is 0.128 e. The molecule has 0 saturated carbocycles. The fraction of sp³-hybridized carbons (Fsp3) is 0.370. The van der Waals surface area contributed by atoms with Gasteiger partial charge in [-0.05, 0) is 51.1 Å². The molecule has 4 aromatic rings. The van der Waals surface area contributed by atoms with E-state index in [1.807, 2.05) is 31.3 Å². The third kappa shape index (κ3) is 4.09. The molecule has 2 fully saturated rings. The molecule has 7 nitrogen and oxygen atoms in total. The summed E-state index contributed by atoms with van der Waals surface area (Å²) in [7, 11) is 0. The first-order valence-electron chi connectivity index (χ1n) is 12.2. The second-order valence-corrected chi connectivity index (χ2v) is 11.1. The highest BCUT2D eigenvalue weighted by Gasteiger charge is 2.52. The van der Waals surface area contributed by atoms with E-state index in [0.29, 0.717) is 32.8 Å². The Labute approximate surface area is 220 Å². The van der Waals surface area contributed by atoms with Gasteiger partial charge in [0.1, 0.15) is 23.4 Å². The lowest BCUT2D eigenvalue weighted by Crippen LogP contribution is -2.73. The highest BCUT2D eigenvalue weighted by atomic mass is 35.5. The van der Waals surface area contributed by atoms with E-state index in [1.165, 1.54) is 13.1 Å². The minimum absolute atomic E-state index is 0.343. The summed E-state index contributed by atoms with van der Waals surface area (Å²) in [6.07, 6.45) is 4.71. The van der Waals surface area contributed by atoms with Crippen LogP contribution in [-0.4, -0.2) is 57.3 Å². The van der Waals surface area contributed by atoms with E-state index >= 15 is 0 Å². The van der Waals surface area contributed by atoms with Crippen molar-refractivity contribution in [3.05, 3.63) is 64.5 Å². The van der Waals surface area contributed by atoms with Crippen molar-refractivity contribution in [2.75, 3.05) is 31.1 Å². The fourth-order valence-corrected chi connectivity index (χ4v) is 6.05. The molecule has 36 heavy (non-hydrogen) atoms. The number of halogens is 2. The van der Waals surface area contributed by atoms with Crippen molar-refractivity contribution in [1.29, 1.82) is 0 Å². The zero-order valence-corrected chi connectivity index (χ0v) is 22.0. The lowest BCUT2D eigenvalue weighted by Gasteiger charge is -2.61. The van der Waals surface area contributed by atoms with Crippen molar-refractivity contribution in [1.82, 2.24) is 25.1 Å². The predicted molar refractivity (Wildman–Crippen MR) is 144 cm³/mol. The molecule has 9 heteroatoms. The fourth-order valence-electron chi connectivity index (χ4n) is 5.38. The second kappa shape index (κ2) is 8.91. The van der Waals surface area contributed by atoms with Gasteiger partial charge in [-0.15, -0.1) is 0 Å². The highest BCUT2D eigenvalue weighted by molar-refractivity contribution is 6.35. The molecule has 1 aromatic carbocycles. The Bertz CT molecular complexity index is 1390. The third-order valence-corrected chi connectivity index (χ3v) is 7.95. The number of aromatic nitrogens is 4. The van der Waals surface area contributed by atoms with Crippen LogP contribution in [0.25, 0.3) is 22.2 Å². The largest absolute Gasteiger partial charge is 0.486 e. The van der Waals surface area contributed by atoms with Crippen LogP contribution >= 0.6 is 23.2 Å². The number of ether oxygens (including phenoxy) is 1. The summed E-state index contributed by atoms with van der Waals surface area (Å²) in [5.41, 5.74) is 3.90. The number of benzene rings is 1. The molecule has 0 amide bonds. The minimum Gasteiger partial charge on any atom is -0.486 e. The quantitative estimate of drug-likeness (QED) is 0.335. The van der Waals surface area contributed by atoms with E-state index in [1.54, 1.807) is 12.4 Å². The van der Waals surface area contributed by atoms with Gasteiger partial charge in [0, 0.05) is 72.7 Å². The van der Waals surface area contributed by atoms with Crippen molar-refractivity contribution in [3.8, 4) is 17.0 Å². The van der Waals surface area contributed by atoms with Gasteiger partial charge in [-0.3, -0.25) is 15.0 Å². The number of H-pyrrole nitrogens is 1. The minimum atomic E-state index is -0.343. The van der Waals surface area contributed by atoms with Crippen LogP contribution < -0.4 is 9.64 Å². The van der Waals surface area contributed by atoms with Crippen molar-refractivity contribution in [2.45, 2.75) is 32.9 Å². The van der Waals surface area contributed by atoms with Crippen molar-refractivity contribution < 1.29 is 4.74 Å². The summed E-state index contributed by atoms with van der Waals surface area (Å²) in [5.74, 6) is 1.73. The van der Waals surface area contributed by atoms with E-state index < -0.39 is 0 Å². The number of likely N-dealkylation sites (tertiary alicyclic amines) is 1. The SMILES string of the molecule is CC(C)N1CC2(CN(c3ccc(-c4n[nH]c5ccc(O[C@H](C)c6c(Cl)cncc6Cl)cc45)cn3)C2)C1. The molecule has 0 unspecified atom stereocenters. The molecule has 5 heterocycles. The molecule has 0 aliphatic carbocycles. The smallest absolute Gasteiger partial charge is 0.128 e. The summed E-state index contributed by atoms with van der Waals surface area (Å²) in [5, 5.41) is 9.60. The Kier molecular flexibility index (Phi) is 5.82. The van der Waals surface area contributed by atoms with Gasteiger partial charge in [-0.1, -0.05) is 23.2 Å². The molecule has 3 aromatic heterocycles. The summed E-state index contributed by atoms with van der Waals surface area (Å²) in [6, 6.07) is 10.7. The maximum absolute atomic E-state index is 6.31. The van der Waals surface area contributed by atoms with Crippen LogP contribution in [0.5, 0.6) is 5.75 Å². The Hall–Kier alpha value is -2.87. The van der Waals surface area contributed by atoms with Crippen LogP contribution in [0.15, 0.2) is 48.9 Å². The van der Waals surface area contributed by atoms with E-state index in [4.69, 9.17) is 32.9 Å². The Morgan fingerprint density at radius 2 is 1.72 bits per heavy atom. The molecule has 6 rings (SSSR count). The summed E-state index contributed by atoms with van der Waals surface area (Å²) in [6.45, 7) is 11.0. The van der Waals surface area contributed by atoms with Gasteiger partial charge < -0.3 is 9.64 Å². The predicted octanol–water partition coefficient (Wildman–Crippen LogP) is 6.00. The monoisotopic (exact) mass is 522 g/mol. The van der Waals surface area contributed by atoms with Crippen LogP contribution in [0.4, 0.5) is 5.82 Å². The van der Waals surface area contributed by atoms with Crippen LogP contribution in [0.2, 0.25) is 10.0 Å².